The summed E-state index contributed by atoms with van der Waals surface area (Å²) in [6.07, 6.45) is 12.4. The highest BCUT2D eigenvalue weighted by molar-refractivity contribution is 5.99. The van der Waals surface area contributed by atoms with Gasteiger partial charge in [0.2, 0.25) is 12.4 Å². The van der Waals surface area contributed by atoms with Crippen molar-refractivity contribution < 1.29 is 4.79 Å². The Balaban J connectivity index is 1.42. The second-order valence-electron chi connectivity index (χ2n) is 11.6. The predicted molar refractivity (Wildman–Crippen MR) is 168 cm³/mol. The highest BCUT2D eigenvalue weighted by atomic mass is 16.1. The molecule has 2 aromatic heterocycles. The fourth-order valence-electron chi connectivity index (χ4n) is 6.03. The quantitative estimate of drug-likeness (QED) is 0.117. The summed E-state index contributed by atoms with van der Waals surface area (Å²) in [5.41, 5.74) is 6.26. The summed E-state index contributed by atoms with van der Waals surface area (Å²) >= 11 is 0. The molecule has 2 fully saturated rings. The maximum Gasteiger partial charge on any atom is 0.278 e. The van der Waals surface area contributed by atoms with E-state index in [4.69, 9.17) is 4.98 Å². The summed E-state index contributed by atoms with van der Waals surface area (Å²) in [6, 6.07) is 6.33. The van der Waals surface area contributed by atoms with Gasteiger partial charge in [0.1, 0.15) is 5.39 Å². The number of benzene rings is 1. The average Bonchev–Trinajstić information content (AvgIpc) is 3.25. The summed E-state index contributed by atoms with van der Waals surface area (Å²) in [6.45, 7) is 14.7. The van der Waals surface area contributed by atoms with Gasteiger partial charge in [-0.05, 0) is 86.9 Å². The minimum atomic E-state index is -0.277. The first-order valence-corrected chi connectivity index (χ1v) is 14.7. The summed E-state index contributed by atoms with van der Waals surface area (Å²) in [5.74, 6) is 0.907. The summed E-state index contributed by atoms with van der Waals surface area (Å²) in [7, 11) is 0. The van der Waals surface area contributed by atoms with Crippen molar-refractivity contribution in [2.45, 2.75) is 53.0 Å². The lowest BCUT2D eigenvalue weighted by atomic mass is 9.71. The van der Waals surface area contributed by atoms with Crippen molar-refractivity contribution in [3.05, 3.63) is 65.1 Å². The number of nitrogens with one attached hydrogen (secondary N) is 3. The maximum atomic E-state index is 13.3. The molecular formula is C31H41N9O2. The van der Waals surface area contributed by atoms with Crippen molar-refractivity contribution in [3.63, 3.8) is 0 Å². The third kappa shape index (κ3) is 6.15. The molecule has 1 aromatic carbocycles. The van der Waals surface area contributed by atoms with E-state index in [2.05, 4.69) is 56.7 Å². The van der Waals surface area contributed by atoms with Crippen molar-refractivity contribution >= 4 is 40.6 Å². The van der Waals surface area contributed by atoms with Crippen LogP contribution in [0.2, 0.25) is 0 Å². The second kappa shape index (κ2) is 12.7. The van der Waals surface area contributed by atoms with Crippen LogP contribution >= 0.6 is 0 Å². The molecule has 3 N–H and O–H groups in total. The number of nitrogens with zero attached hydrogens (tertiary/aromatic N) is 6. The zero-order valence-corrected chi connectivity index (χ0v) is 24.8. The standard InChI is InChI=1S/C31H41N9O2/c1-5-16-39-29(42)25-20-33-30(36-28(25)40(39)27(37-34-21-41)9-6-22(2)3)35-24-7-8-26(23(4)19-24)38-17-12-31(13-18-38)10-14-32-15-11-31/h5-9,19-22,32H,1,10-18H2,2-4H3,(H,34,41)(H,33,35,36)/b9-6-,37-27+. The Kier molecular flexibility index (Phi) is 8.86. The number of hydrogen-bond donors (Lipinski definition) is 3. The molecule has 11 nitrogen and oxygen atoms in total. The van der Waals surface area contributed by atoms with Crippen LogP contribution in [0.1, 0.15) is 45.1 Å². The molecule has 222 valence electrons. The first-order valence-electron chi connectivity index (χ1n) is 14.7. The third-order valence-corrected chi connectivity index (χ3v) is 8.34. The van der Waals surface area contributed by atoms with Gasteiger partial charge in [0, 0.05) is 30.7 Å². The molecule has 2 saturated heterocycles. The van der Waals surface area contributed by atoms with Crippen molar-refractivity contribution in [1.29, 1.82) is 0 Å². The Hall–Kier alpha value is -4.25. The Bertz CT molecular complexity index is 1550. The highest BCUT2D eigenvalue weighted by Gasteiger charge is 2.35. The third-order valence-electron chi connectivity index (χ3n) is 8.34. The van der Waals surface area contributed by atoms with Gasteiger partial charge in [-0.3, -0.25) is 9.59 Å². The Labute approximate surface area is 246 Å². The van der Waals surface area contributed by atoms with Gasteiger partial charge in [-0.15, -0.1) is 6.58 Å². The molecule has 4 heterocycles. The van der Waals surface area contributed by atoms with Crippen LogP contribution < -0.4 is 26.5 Å². The molecule has 42 heavy (non-hydrogen) atoms. The lowest BCUT2D eigenvalue weighted by molar-refractivity contribution is -0.109. The molecule has 0 saturated carbocycles. The number of carbonyl (C=O) groups is 1. The van der Waals surface area contributed by atoms with E-state index in [9.17, 15) is 9.59 Å². The lowest BCUT2D eigenvalue weighted by Crippen LogP contribution is -2.45. The fraction of sp³-hybridized carbons (Fsp3) is 0.452. The molecule has 0 aliphatic carbocycles. The highest BCUT2D eigenvalue weighted by Crippen LogP contribution is 2.41. The number of allylic oxidation sites excluding steroid dienone is 3. The summed E-state index contributed by atoms with van der Waals surface area (Å²) in [4.78, 5) is 36.0. The molecular weight excluding hydrogens is 530 g/mol. The van der Waals surface area contributed by atoms with Crippen LogP contribution in [-0.2, 0) is 11.3 Å². The van der Waals surface area contributed by atoms with E-state index in [1.54, 1.807) is 16.8 Å². The zero-order valence-electron chi connectivity index (χ0n) is 24.8. The number of fused-ring (bicyclic) bond motifs is 1. The van der Waals surface area contributed by atoms with Crippen LogP contribution in [0.4, 0.5) is 17.3 Å². The SMILES string of the molecule is C=CCn1c(=O)c2cnc(Nc3ccc(N4CCC5(CCNCC5)CC4)c(C)c3)nc2n1C(/C=C\C(C)C)=N/NC=O. The number of amides is 1. The Morgan fingerprint density at radius 2 is 1.98 bits per heavy atom. The monoisotopic (exact) mass is 571 g/mol. The molecule has 2 aliphatic heterocycles. The molecule has 11 heteroatoms. The Morgan fingerprint density at radius 1 is 1.21 bits per heavy atom. The molecule has 0 unspecified atom stereocenters. The van der Waals surface area contributed by atoms with Gasteiger partial charge in [0.15, 0.2) is 11.5 Å². The number of hydrogen-bond acceptors (Lipinski definition) is 8. The molecule has 2 aliphatic rings. The van der Waals surface area contributed by atoms with E-state index in [1.807, 2.05) is 26.0 Å². The molecule has 0 atom stereocenters. The molecule has 0 bridgehead atoms. The van der Waals surface area contributed by atoms with Gasteiger partial charge < -0.3 is 15.5 Å². The van der Waals surface area contributed by atoms with Crippen molar-refractivity contribution in [2.24, 2.45) is 16.4 Å². The lowest BCUT2D eigenvalue weighted by Gasteiger charge is -2.45. The van der Waals surface area contributed by atoms with E-state index < -0.39 is 0 Å². The minimum Gasteiger partial charge on any atom is -0.371 e. The predicted octanol–water partition coefficient (Wildman–Crippen LogP) is 3.92. The van der Waals surface area contributed by atoms with Gasteiger partial charge in [-0.1, -0.05) is 26.0 Å². The number of carbonyl (C=O) groups excluding carboxylic acids is 1. The number of aromatic nitrogens is 4. The Morgan fingerprint density at radius 3 is 2.64 bits per heavy atom. The van der Waals surface area contributed by atoms with E-state index in [0.29, 0.717) is 34.6 Å². The van der Waals surface area contributed by atoms with Crippen LogP contribution in [0.5, 0.6) is 0 Å². The second-order valence-corrected chi connectivity index (χ2v) is 11.6. The zero-order chi connectivity index (χ0) is 29.7. The normalized spacial score (nSPS) is 17.3. The number of hydrazone groups is 1. The summed E-state index contributed by atoms with van der Waals surface area (Å²) in [5, 5.41) is 11.3. The van der Waals surface area contributed by atoms with E-state index in [0.717, 1.165) is 31.9 Å². The van der Waals surface area contributed by atoms with Crippen molar-refractivity contribution in [3.8, 4) is 0 Å². The van der Waals surface area contributed by atoms with Gasteiger partial charge in [0.25, 0.3) is 5.56 Å². The van der Waals surface area contributed by atoms with Gasteiger partial charge >= 0.3 is 0 Å². The van der Waals surface area contributed by atoms with Gasteiger partial charge in [-0.2, -0.15) is 10.1 Å². The topological polar surface area (TPSA) is 121 Å². The molecule has 1 amide bonds. The van der Waals surface area contributed by atoms with Crippen LogP contribution in [-0.4, -0.2) is 57.8 Å². The van der Waals surface area contributed by atoms with Crippen molar-refractivity contribution in [2.75, 3.05) is 36.4 Å². The van der Waals surface area contributed by atoms with Gasteiger partial charge in [0.05, 0.1) is 6.54 Å². The van der Waals surface area contributed by atoms with E-state index in [1.165, 1.54) is 47.8 Å². The maximum absolute atomic E-state index is 13.3. The van der Waals surface area contributed by atoms with Crippen LogP contribution in [0.3, 0.4) is 0 Å². The smallest absolute Gasteiger partial charge is 0.278 e. The van der Waals surface area contributed by atoms with E-state index in [-0.39, 0.29) is 18.0 Å². The molecule has 0 radical (unpaired) electrons. The average molecular weight is 572 g/mol. The number of anilines is 3. The first-order chi connectivity index (χ1) is 20.3. The van der Waals surface area contributed by atoms with Crippen LogP contribution in [0.15, 0.2) is 59.1 Å². The van der Waals surface area contributed by atoms with Crippen LogP contribution in [0, 0.1) is 18.3 Å². The summed E-state index contributed by atoms with van der Waals surface area (Å²) < 4.78 is 3.05. The van der Waals surface area contributed by atoms with Crippen LogP contribution in [0.25, 0.3) is 11.0 Å². The minimum absolute atomic E-state index is 0.224. The molecule has 3 aromatic rings. The largest absolute Gasteiger partial charge is 0.371 e. The molecule has 1 spiro atoms. The first kappa shape index (κ1) is 29.2. The van der Waals surface area contributed by atoms with Gasteiger partial charge in [-0.25, -0.2) is 19.8 Å². The number of aryl methyl sites for hydroxylation is 1. The fourth-order valence-corrected chi connectivity index (χ4v) is 6.03. The molecule has 5 rings (SSSR count). The van der Waals surface area contributed by atoms with Crippen molar-refractivity contribution in [1.82, 2.24) is 30.1 Å². The van der Waals surface area contributed by atoms with E-state index >= 15 is 0 Å². The number of piperidine rings is 2. The number of rotatable bonds is 9.